The molecule has 4 heteroatoms. The van der Waals surface area contributed by atoms with Crippen molar-refractivity contribution >= 4 is 11.8 Å². The molecular weight excluding hydrogens is 276 g/mol. The van der Waals surface area contributed by atoms with Crippen molar-refractivity contribution in [3.05, 3.63) is 29.3 Å². The van der Waals surface area contributed by atoms with Gasteiger partial charge in [0, 0.05) is 17.8 Å². The molecule has 20 heavy (non-hydrogen) atoms. The van der Waals surface area contributed by atoms with Gasteiger partial charge in [0.2, 0.25) is 0 Å². The first-order chi connectivity index (χ1) is 9.72. The zero-order valence-electron chi connectivity index (χ0n) is 11.6. The summed E-state index contributed by atoms with van der Waals surface area (Å²) < 4.78 is 28.2. The van der Waals surface area contributed by atoms with Gasteiger partial charge in [0.15, 0.2) is 0 Å². The molecule has 1 aromatic rings. The molecule has 0 unspecified atom stereocenters. The summed E-state index contributed by atoms with van der Waals surface area (Å²) in [5.41, 5.74) is 0.708. The van der Waals surface area contributed by atoms with Crippen LogP contribution < -0.4 is 5.32 Å². The molecule has 1 aromatic carbocycles. The van der Waals surface area contributed by atoms with Gasteiger partial charge in [-0.05, 0) is 43.4 Å². The third-order valence-corrected chi connectivity index (χ3v) is 5.50. The first-order valence-electron chi connectivity index (χ1n) is 7.60. The minimum absolute atomic E-state index is 0.215. The van der Waals surface area contributed by atoms with Gasteiger partial charge in [-0.1, -0.05) is 19.3 Å². The highest BCUT2D eigenvalue weighted by Gasteiger charge is 2.22. The number of hydrogen-bond acceptors (Lipinski definition) is 2. The van der Waals surface area contributed by atoms with E-state index in [0.717, 1.165) is 12.8 Å². The summed E-state index contributed by atoms with van der Waals surface area (Å²) in [6.07, 6.45) is 8.15. The summed E-state index contributed by atoms with van der Waals surface area (Å²) in [6, 6.07) is 3.53. The third kappa shape index (κ3) is 3.73. The van der Waals surface area contributed by atoms with Crippen LogP contribution in [0.5, 0.6) is 0 Å². The Morgan fingerprint density at radius 1 is 1.00 bits per heavy atom. The van der Waals surface area contributed by atoms with Gasteiger partial charge in [0.25, 0.3) is 0 Å². The van der Waals surface area contributed by atoms with Crippen LogP contribution in [0.3, 0.4) is 0 Å². The second kappa shape index (κ2) is 6.44. The molecule has 2 aliphatic rings. The zero-order chi connectivity index (χ0) is 13.9. The van der Waals surface area contributed by atoms with Crippen LogP contribution in [0.15, 0.2) is 17.0 Å². The molecule has 3 rings (SSSR count). The van der Waals surface area contributed by atoms with E-state index in [1.54, 1.807) is 0 Å². The fraction of sp³-hybridized carbons (Fsp3) is 0.625. The van der Waals surface area contributed by atoms with Gasteiger partial charge in [-0.25, -0.2) is 8.78 Å². The second-order valence-corrected chi connectivity index (χ2v) is 7.23. The molecule has 110 valence electrons. The van der Waals surface area contributed by atoms with Gasteiger partial charge in [-0.3, -0.25) is 0 Å². The molecule has 2 saturated carbocycles. The van der Waals surface area contributed by atoms with Crippen molar-refractivity contribution in [2.45, 2.75) is 67.7 Å². The van der Waals surface area contributed by atoms with E-state index in [4.69, 9.17) is 0 Å². The number of nitrogens with one attached hydrogen (secondary N) is 1. The van der Waals surface area contributed by atoms with E-state index in [0.29, 0.717) is 23.4 Å². The Bertz CT molecular complexity index is 445. The molecule has 0 spiro atoms. The van der Waals surface area contributed by atoms with E-state index in [1.807, 2.05) is 0 Å². The summed E-state index contributed by atoms with van der Waals surface area (Å²) in [7, 11) is 0. The first kappa shape index (κ1) is 14.3. The van der Waals surface area contributed by atoms with Crippen LogP contribution >= 0.6 is 11.8 Å². The fourth-order valence-electron chi connectivity index (χ4n) is 2.73. The lowest BCUT2D eigenvalue weighted by Crippen LogP contribution is -2.16. The molecule has 0 aromatic heterocycles. The van der Waals surface area contributed by atoms with E-state index >= 15 is 0 Å². The molecule has 1 N–H and O–H groups in total. The van der Waals surface area contributed by atoms with Crippen molar-refractivity contribution in [3.63, 3.8) is 0 Å². The van der Waals surface area contributed by atoms with Gasteiger partial charge >= 0.3 is 0 Å². The lowest BCUT2D eigenvalue weighted by Gasteiger charge is -2.21. The predicted molar refractivity (Wildman–Crippen MR) is 78.9 cm³/mol. The van der Waals surface area contributed by atoms with Gasteiger partial charge in [-0.15, -0.1) is 11.8 Å². The highest BCUT2D eigenvalue weighted by Crippen LogP contribution is 2.36. The van der Waals surface area contributed by atoms with Crippen LogP contribution in [0, 0.1) is 11.6 Å². The normalized spacial score (nSPS) is 20.3. The van der Waals surface area contributed by atoms with Crippen LogP contribution in [-0.4, -0.2) is 11.3 Å². The fourth-order valence-corrected chi connectivity index (χ4v) is 3.97. The van der Waals surface area contributed by atoms with E-state index in [1.165, 1.54) is 56.0 Å². The lowest BCUT2D eigenvalue weighted by atomic mass is 10.0. The minimum atomic E-state index is -0.395. The molecular formula is C16H21F2NS. The molecule has 2 fully saturated rings. The average Bonchev–Trinajstić information content (AvgIpc) is 3.26. The number of rotatable bonds is 5. The lowest BCUT2D eigenvalue weighted by molar-refractivity contribution is 0.508. The monoisotopic (exact) mass is 297 g/mol. The Morgan fingerprint density at radius 2 is 1.65 bits per heavy atom. The molecule has 0 radical (unpaired) electrons. The van der Waals surface area contributed by atoms with Crippen molar-refractivity contribution in [2.75, 3.05) is 0 Å². The van der Waals surface area contributed by atoms with E-state index in [2.05, 4.69) is 5.32 Å². The highest BCUT2D eigenvalue weighted by molar-refractivity contribution is 8.00. The molecule has 0 amide bonds. The van der Waals surface area contributed by atoms with Crippen molar-refractivity contribution in [3.8, 4) is 0 Å². The van der Waals surface area contributed by atoms with Crippen molar-refractivity contribution in [1.29, 1.82) is 0 Å². The molecule has 0 aliphatic heterocycles. The SMILES string of the molecule is Fc1cc(CNC2CC2)cc(F)c1SC1CCCCC1. The van der Waals surface area contributed by atoms with Crippen LogP contribution in [0.25, 0.3) is 0 Å². The van der Waals surface area contributed by atoms with Gasteiger partial charge in [0.1, 0.15) is 11.6 Å². The Labute approximate surface area is 123 Å². The predicted octanol–water partition coefficient (Wildman–Crippen LogP) is 4.64. The van der Waals surface area contributed by atoms with Crippen LogP contribution in [0.1, 0.15) is 50.5 Å². The quantitative estimate of drug-likeness (QED) is 0.849. The Kier molecular flexibility index (Phi) is 4.61. The number of thioether (sulfide) groups is 1. The summed E-state index contributed by atoms with van der Waals surface area (Å²) in [4.78, 5) is 0.215. The molecule has 0 bridgehead atoms. The van der Waals surface area contributed by atoms with E-state index < -0.39 is 11.6 Å². The molecule has 0 atom stereocenters. The largest absolute Gasteiger partial charge is 0.310 e. The summed E-state index contributed by atoms with van der Waals surface area (Å²) in [6.45, 7) is 0.562. The Morgan fingerprint density at radius 3 is 2.25 bits per heavy atom. The van der Waals surface area contributed by atoms with Gasteiger partial charge in [-0.2, -0.15) is 0 Å². The third-order valence-electron chi connectivity index (χ3n) is 4.07. The maximum atomic E-state index is 14.1. The smallest absolute Gasteiger partial charge is 0.140 e. The number of benzene rings is 1. The Hall–Kier alpha value is -0.610. The van der Waals surface area contributed by atoms with Crippen molar-refractivity contribution < 1.29 is 8.78 Å². The summed E-state index contributed by atoms with van der Waals surface area (Å²) in [5, 5.41) is 3.67. The average molecular weight is 297 g/mol. The maximum absolute atomic E-state index is 14.1. The topological polar surface area (TPSA) is 12.0 Å². The Balaban J connectivity index is 1.66. The van der Waals surface area contributed by atoms with Crippen LogP contribution in [0.4, 0.5) is 8.78 Å². The van der Waals surface area contributed by atoms with Gasteiger partial charge in [0.05, 0.1) is 4.90 Å². The number of hydrogen-bond donors (Lipinski definition) is 1. The van der Waals surface area contributed by atoms with Gasteiger partial charge < -0.3 is 5.32 Å². The second-order valence-electron chi connectivity index (χ2n) is 5.92. The molecule has 2 aliphatic carbocycles. The van der Waals surface area contributed by atoms with E-state index in [9.17, 15) is 8.78 Å². The maximum Gasteiger partial charge on any atom is 0.140 e. The summed E-state index contributed by atoms with van der Waals surface area (Å²) >= 11 is 1.39. The van der Waals surface area contributed by atoms with Crippen molar-refractivity contribution in [2.24, 2.45) is 0 Å². The molecule has 0 heterocycles. The molecule has 1 nitrogen and oxygen atoms in total. The van der Waals surface area contributed by atoms with Crippen LogP contribution in [-0.2, 0) is 6.54 Å². The first-order valence-corrected chi connectivity index (χ1v) is 8.48. The number of halogens is 2. The molecule has 0 saturated heterocycles. The van der Waals surface area contributed by atoms with Crippen LogP contribution in [0.2, 0.25) is 0 Å². The minimum Gasteiger partial charge on any atom is -0.310 e. The summed E-state index contributed by atoms with van der Waals surface area (Å²) in [5.74, 6) is -0.790. The van der Waals surface area contributed by atoms with Crippen molar-refractivity contribution in [1.82, 2.24) is 5.32 Å². The van der Waals surface area contributed by atoms with E-state index in [-0.39, 0.29) is 4.90 Å². The standard InChI is InChI=1S/C16H21F2NS/c17-14-8-11(10-19-12-6-7-12)9-15(18)16(14)20-13-4-2-1-3-5-13/h8-9,12-13,19H,1-7,10H2. The zero-order valence-corrected chi connectivity index (χ0v) is 12.4. The highest BCUT2D eigenvalue weighted by atomic mass is 32.2.